The van der Waals surface area contributed by atoms with E-state index in [0.717, 1.165) is 85.4 Å². The maximum atomic E-state index is 9.88. The van der Waals surface area contributed by atoms with Crippen molar-refractivity contribution in [3.8, 4) is 33.4 Å². The summed E-state index contributed by atoms with van der Waals surface area (Å²) in [7, 11) is 0. The molecule has 0 saturated heterocycles. The predicted molar refractivity (Wildman–Crippen MR) is 320 cm³/mol. The van der Waals surface area contributed by atoms with E-state index in [0.29, 0.717) is 11.4 Å². The molecular weight excluding hydrogens is 891 g/mol. The van der Waals surface area contributed by atoms with Gasteiger partial charge < -0.3 is 4.90 Å². The van der Waals surface area contributed by atoms with Crippen LogP contribution in [0.5, 0.6) is 0 Å². The Balaban J connectivity index is 1.12. The summed E-state index contributed by atoms with van der Waals surface area (Å²) in [5.41, 5.74) is 13.0. The van der Waals surface area contributed by atoms with E-state index in [-0.39, 0.29) is 28.0 Å². The van der Waals surface area contributed by atoms with E-state index in [4.69, 9.17) is 4.11 Å². The molecule has 0 radical (unpaired) electrons. The van der Waals surface area contributed by atoms with E-state index in [1.165, 1.54) is 0 Å². The van der Waals surface area contributed by atoms with E-state index in [9.17, 15) is 6.85 Å². The van der Waals surface area contributed by atoms with Gasteiger partial charge in [0.25, 0.3) is 0 Å². The van der Waals surface area contributed by atoms with Crippen molar-refractivity contribution in [1.82, 2.24) is 0 Å². The Morgan fingerprint density at radius 1 is 0.473 bits per heavy atom. The summed E-state index contributed by atoms with van der Waals surface area (Å²) in [4.78, 5) is 1.76. The van der Waals surface area contributed by atoms with Crippen molar-refractivity contribution in [2.24, 2.45) is 0 Å². The molecule has 1 aliphatic carbocycles. The number of hydrogen-bond acceptors (Lipinski definition) is 1. The Hall–Kier alpha value is -9.56. The van der Waals surface area contributed by atoms with Crippen LogP contribution in [0.25, 0.3) is 57.2 Å². The minimum absolute atomic E-state index is 0.0105. The van der Waals surface area contributed by atoms with Crippen LogP contribution in [0.1, 0.15) is 55.5 Å². The third kappa shape index (κ3) is 9.76. The number of allylic oxidation sites excluding steroid dienone is 10. The lowest BCUT2D eigenvalue weighted by atomic mass is 9.67. The van der Waals surface area contributed by atoms with Gasteiger partial charge in [0.1, 0.15) is 0 Å². The highest BCUT2D eigenvalue weighted by molar-refractivity contribution is 5.90. The first-order valence-electron chi connectivity index (χ1n) is 28.6. The van der Waals surface area contributed by atoms with Gasteiger partial charge in [-0.15, -0.1) is 0 Å². The molecule has 9 aromatic carbocycles. The first-order valence-corrected chi connectivity index (χ1v) is 24.4. The Morgan fingerprint density at radius 3 is 1.66 bits per heavy atom. The van der Waals surface area contributed by atoms with Crippen molar-refractivity contribution < 1.29 is 11.0 Å². The molecule has 0 heterocycles. The van der Waals surface area contributed by atoms with E-state index < -0.39 is 41.7 Å². The third-order valence-electron chi connectivity index (χ3n) is 13.3. The van der Waals surface area contributed by atoms with Crippen molar-refractivity contribution in [2.45, 2.75) is 5.41 Å². The molecule has 0 fully saturated rings. The fourth-order valence-corrected chi connectivity index (χ4v) is 9.71. The molecule has 74 heavy (non-hydrogen) atoms. The van der Waals surface area contributed by atoms with Gasteiger partial charge in [-0.25, -0.2) is 0 Å². The van der Waals surface area contributed by atoms with Crippen LogP contribution in [-0.2, 0) is 5.41 Å². The molecule has 0 N–H and O–H groups in total. The van der Waals surface area contributed by atoms with Crippen LogP contribution in [-0.4, -0.2) is 0 Å². The van der Waals surface area contributed by atoms with Crippen molar-refractivity contribution >= 4 is 40.9 Å². The van der Waals surface area contributed by atoms with Crippen LogP contribution in [0.15, 0.2) is 311 Å². The number of rotatable bonds is 17. The van der Waals surface area contributed by atoms with Crippen LogP contribution >= 0.6 is 0 Å². The van der Waals surface area contributed by atoms with Gasteiger partial charge in [0.15, 0.2) is 0 Å². The average molecular weight is 956 g/mol. The molecule has 1 aliphatic rings. The van der Waals surface area contributed by atoms with Crippen molar-refractivity contribution in [3.63, 3.8) is 0 Å². The quantitative estimate of drug-likeness (QED) is 0.0822. The van der Waals surface area contributed by atoms with Gasteiger partial charge in [0.2, 0.25) is 0 Å². The molecule has 0 aromatic heterocycles. The van der Waals surface area contributed by atoms with Crippen LogP contribution in [0, 0.1) is 0 Å². The van der Waals surface area contributed by atoms with Gasteiger partial charge in [-0.2, -0.15) is 0 Å². The minimum Gasteiger partial charge on any atom is -0.310 e. The molecule has 1 heteroatoms. The smallest absolute Gasteiger partial charge is 0.0714 e. The molecule has 9 aromatic rings. The second-order valence-corrected chi connectivity index (χ2v) is 17.8. The topological polar surface area (TPSA) is 3.24 Å². The van der Waals surface area contributed by atoms with Crippen LogP contribution < -0.4 is 4.90 Å². The van der Waals surface area contributed by atoms with Gasteiger partial charge in [0.05, 0.1) is 16.4 Å². The Labute approximate surface area is 449 Å². The molecule has 10 rings (SSSR count). The summed E-state index contributed by atoms with van der Waals surface area (Å²) in [6.45, 7) is 13.4. The second-order valence-electron chi connectivity index (χ2n) is 17.8. The Morgan fingerprint density at radius 2 is 1.03 bits per heavy atom. The maximum Gasteiger partial charge on any atom is 0.0714 e. The molecule has 0 amide bonds. The lowest BCUT2D eigenvalue weighted by Crippen LogP contribution is -2.28. The van der Waals surface area contributed by atoms with Crippen LogP contribution in [0.4, 0.5) is 17.1 Å². The number of hydrogen-bond donors (Lipinski definition) is 0. The van der Waals surface area contributed by atoms with Gasteiger partial charge in [-0.3, -0.25) is 0 Å². The van der Waals surface area contributed by atoms with E-state index in [1.54, 1.807) is 29.2 Å². The first-order chi connectivity index (χ1) is 39.9. The largest absolute Gasteiger partial charge is 0.310 e. The summed E-state index contributed by atoms with van der Waals surface area (Å²) >= 11 is 0. The summed E-state index contributed by atoms with van der Waals surface area (Å²) in [6, 6.07) is 64.3. The first kappa shape index (κ1) is 39.1. The van der Waals surface area contributed by atoms with Crippen LogP contribution in [0.3, 0.4) is 0 Å². The van der Waals surface area contributed by atoms with Gasteiger partial charge in [-0.05, 0) is 137 Å². The molecule has 0 saturated carbocycles. The number of benzene rings is 9. The zero-order valence-electron chi connectivity index (χ0n) is 48.9. The maximum absolute atomic E-state index is 9.88. The fourth-order valence-electron chi connectivity index (χ4n) is 9.71. The highest BCUT2D eigenvalue weighted by Gasteiger charge is 2.46. The summed E-state index contributed by atoms with van der Waals surface area (Å²) in [5.74, 6) is 0. The Kier molecular flexibility index (Phi) is 11.5. The van der Waals surface area contributed by atoms with Crippen molar-refractivity contribution in [3.05, 3.63) is 355 Å². The zero-order chi connectivity index (χ0) is 57.5. The molecule has 0 aliphatic heterocycles. The molecule has 0 unspecified atom stereocenters. The fraction of sp³-hybridized carbons (Fsp3) is 0.0137. The lowest BCUT2D eigenvalue weighted by Gasteiger charge is -2.35. The van der Waals surface area contributed by atoms with Crippen LogP contribution in [0.2, 0.25) is 0 Å². The second kappa shape index (κ2) is 21.8. The van der Waals surface area contributed by atoms with Crippen molar-refractivity contribution in [1.29, 1.82) is 0 Å². The Bertz CT molecular complexity index is 4030. The van der Waals surface area contributed by atoms with Crippen molar-refractivity contribution in [2.75, 3.05) is 4.90 Å². The highest BCUT2D eigenvalue weighted by Crippen LogP contribution is 2.57. The normalized spacial score (nSPS) is 14.9. The summed E-state index contributed by atoms with van der Waals surface area (Å²) in [5, 5.41) is 0. The van der Waals surface area contributed by atoms with Gasteiger partial charge in [0, 0.05) is 17.1 Å². The number of fused-ring (bicyclic) bond motifs is 3. The SMILES string of the molecule is [2H]C=C(C(=C)/C=C\c1ccccc1)/C([2H])=C(/[2H])C(=C[2H])c1c([2H])c([2H])c(N(c2ccc(-c3ccc(-c4ccc(/C=C\C=C)c(/C=C\C=C)c4)cc3)cc2)c2ccc3c(c2)C(c2ccccc2)(c2ccccc2)c2ccccc2-3)c([2H])c1[2H]. The molecule has 354 valence electrons. The molecule has 1 nitrogen and oxygen atoms in total. The molecule has 0 atom stereocenters. The molecule has 0 bridgehead atoms. The predicted octanol–water partition coefficient (Wildman–Crippen LogP) is 19.6. The average Bonchev–Trinajstić information content (AvgIpc) is 1.73. The monoisotopic (exact) mass is 955 g/mol. The highest BCUT2D eigenvalue weighted by atomic mass is 15.1. The third-order valence-corrected chi connectivity index (χ3v) is 13.3. The zero-order valence-corrected chi connectivity index (χ0v) is 40.9. The number of anilines is 3. The lowest BCUT2D eigenvalue weighted by molar-refractivity contribution is 0.768. The van der Waals surface area contributed by atoms with E-state index >= 15 is 0 Å². The molecular formula is C73H57N. The summed E-state index contributed by atoms with van der Waals surface area (Å²) < 4.78 is 74.2. The summed E-state index contributed by atoms with van der Waals surface area (Å²) in [6.07, 6.45) is 14.8. The van der Waals surface area contributed by atoms with Gasteiger partial charge >= 0.3 is 0 Å². The minimum atomic E-state index is -0.799. The van der Waals surface area contributed by atoms with Gasteiger partial charge in [-0.1, -0.05) is 276 Å². The van der Waals surface area contributed by atoms with E-state index in [2.05, 4.69) is 117 Å². The number of nitrogens with zero attached hydrogens (tertiary/aromatic N) is 1. The van der Waals surface area contributed by atoms with E-state index in [1.807, 2.05) is 127 Å². The standard InChI is InChI=1S/C73H57N/c1-6-8-23-58-39-40-63(51-62(58)24-9-7-2)61-37-35-59(36-38-61)60-43-47-67(48-44-60)74(66-45-41-57(42-46-66)55(5)32-31-53(3)54(4)33-34-56-21-13-10-14-22-56)68-49-50-70-69-29-19-20-30-71(69)73(72(70)52-68,64-25-15-11-16-26-64)65-27-17-12-18-28-65/h6-52H,1-5H2/b23-8-,24-9-,32-31-,34-33-/i3D,5D,31D,32D,41D,42D,45D,46D/b23-8-,24-9-,32-31-,34-33-,53-3?,55-5?. The molecule has 0 spiro atoms.